The summed E-state index contributed by atoms with van der Waals surface area (Å²) in [5.74, 6) is 1.60. The van der Waals surface area contributed by atoms with Gasteiger partial charge in [0.05, 0.1) is 6.61 Å². The Bertz CT molecular complexity index is 290. The summed E-state index contributed by atoms with van der Waals surface area (Å²) in [6.45, 7) is 9.49. The van der Waals surface area contributed by atoms with E-state index in [1.54, 1.807) is 0 Å². The second-order valence-electron chi connectivity index (χ2n) is 4.63. The number of benzene rings is 1. The van der Waals surface area contributed by atoms with Crippen LogP contribution in [-0.2, 0) is 4.79 Å². The molecule has 0 spiro atoms. The lowest BCUT2D eigenvalue weighted by Gasteiger charge is -2.08. The van der Waals surface area contributed by atoms with Crippen molar-refractivity contribution in [1.29, 1.82) is 0 Å². The molecule has 0 amide bonds. The van der Waals surface area contributed by atoms with Crippen LogP contribution in [0.15, 0.2) is 24.3 Å². The van der Waals surface area contributed by atoms with Crippen LogP contribution in [0.5, 0.6) is 5.75 Å². The summed E-state index contributed by atoms with van der Waals surface area (Å²) in [5, 5.41) is 0. The zero-order valence-corrected chi connectivity index (χ0v) is 11.9. The highest BCUT2D eigenvalue weighted by molar-refractivity contribution is 5.28. The quantitative estimate of drug-likeness (QED) is 0.662. The molecule has 0 aliphatic heterocycles. The fraction of sp³-hybridized carbons (Fsp3) is 0.562. The van der Waals surface area contributed by atoms with Gasteiger partial charge in [-0.05, 0) is 30.0 Å². The van der Waals surface area contributed by atoms with Crippen molar-refractivity contribution < 1.29 is 9.53 Å². The second-order valence-corrected chi connectivity index (χ2v) is 4.63. The van der Waals surface area contributed by atoms with Crippen molar-refractivity contribution in [3.05, 3.63) is 29.8 Å². The van der Waals surface area contributed by atoms with E-state index in [4.69, 9.17) is 9.53 Å². The highest BCUT2D eigenvalue weighted by Crippen LogP contribution is 2.18. The minimum absolute atomic E-state index is 0.596. The average molecular weight is 250 g/mol. The monoisotopic (exact) mass is 250 g/mol. The molecule has 0 saturated carbocycles. The van der Waals surface area contributed by atoms with Gasteiger partial charge in [-0.1, -0.05) is 52.2 Å². The Balaban J connectivity index is 0.00000137. The first-order valence-corrected chi connectivity index (χ1v) is 6.75. The van der Waals surface area contributed by atoms with E-state index in [0.717, 1.165) is 12.4 Å². The van der Waals surface area contributed by atoms with E-state index >= 15 is 0 Å². The molecule has 0 N–H and O–H groups in total. The topological polar surface area (TPSA) is 26.3 Å². The Labute approximate surface area is 111 Å². The second kappa shape index (κ2) is 10.8. The van der Waals surface area contributed by atoms with Gasteiger partial charge >= 0.3 is 0 Å². The molecule has 1 aromatic carbocycles. The van der Waals surface area contributed by atoms with Gasteiger partial charge in [0.25, 0.3) is 0 Å². The Morgan fingerprint density at radius 3 is 2.17 bits per heavy atom. The lowest BCUT2D eigenvalue weighted by molar-refractivity contribution is -0.0979. The fourth-order valence-corrected chi connectivity index (χ4v) is 1.67. The molecule has 2 heteroatoms. The first-order chi connectivity index (χ1) is 8.74. The number of carbonyl (C=O) groups excluding carboxylic acids is 1. The van der Waals surface area contributed by atoms with E-state index in [2.05, 4.69) is 45.0 Å². The Kier molecular flexibility index (Phi) is 10.0. The summed E-state index contributed by atoms with van der Waals surface area (Å²) in [6.07, 6.45) is 5.04. The zero-order chi connectivity index (χ0) is 13.8. The Morgan fingerprint density at radius 1 is 1.06 bits per heavy atom. The van der Waals surface area contributed by atoms with Crippen LogP contribution in [0.1, 0.15) is 57.9 Å². The van der Waals surface area contributed by atoms with Crippen LogP contribution in [0.3, 0.4) is 0 Å². The molecule has 0 heterocycles. The summed E-state index contributed by atoms with van der Waals surface area (Å²) in [5.41, 5.74) is 1.37. The number of rotatable bonds is 7. The standard InChI is InChI=1S/C15H24O.CH2O/c1-4-5-6-7-12-16-15-10-8-14(9-11-15)13(2)3;1-2/h8-11,13H,4-7,12H2,1-3H3;1H2. The number of ether oxygens (including phenoxy) is 1. The van der Waals surface area contributed by atoms with Gasteiger partial charge in [0.2, 0.25) is 0 Å². The largest absolute Gasteiger partial charge is 0.494 e. The summed E-state index contributed by atoms with van der Waals surface area (Å²) < 4.78 is 5.69. The van der Waals surface area contributed by atoms with Crippen molar-refractivity contribution in [3.8, 4) is 5.75 Å². The molecule has 0 fully saturated rings. The van der Waals surface area contributed by atoms with Crippen LogP contribution in [0.25, 0.3) is 0 Å². The highest BCUT2D eigenvalue weighted by Gasteiger charge is 1.99. The number of carbonyl (C=O) groups is 1. The van der Waals surface area contributed by atoms with E-state index in [-0.39, 0.29) is 0 Å². The predicted molar refractivity (Wildman–Crippen MR) is 77.3 cm³/mol. The molecular formula is C16H26O2. The van der Waals surface area contributed by atoms with Crippen molar-refractivity contribution in [2.45, 2.75) is 52.4 Å². The molecule has 0 saturated heterocycles. The van der Waals surface area contributed by atoms with Gasteiger partial charge in [-0.2, -0.15) is 0 Å². The summed E-state index contributed by atoms with van der Waals surface area (Å²) in [7, 11) is 0. The molecule has 0 unspecified atom stereocenters. The fourth-order valence-electron chi connectivity index (χ4n) is 1.67. The smallest absolute Gasteiger partial charge is 0.119 e. The van der Waals surface area contributed by atoms with Crippen molar-refractivity contribution in [2.24, 2.45) is 0 Å². The highest BCUT2D eigenvalue weighted by atomic mass is 16.5. The summed E-state index contributed by atoms with van der Waals surface area (Å²) in [4.78, 5) is 8.00. The molecule has 0 aromatic heterocycles. The first-order valence-electron chi connectivity index (χ1n) is 6.75. The molecule has 2 nitrogen and oxygen atoms in total. The summed E-state index contributed by atoms with van der Waals surface area (Å²) in [6, 6.07) is 8.47. The Morgan fingerprint density at radius 2 is 1.67 bits per heavy atom. The van der Waals surface area contributed by atoms with E-state index in [9.17, 15) is 0 Å². The number of hydrogen-bond donors (Lipinski definition) is 0. The molecular weight excluding hydrogens is 224 g/mol. The molecule has 0 aliphatic carbocycles. The number of hydrogen-bond acceptors (Lipinski definition) is 2. The maximum absolute atomic E-state index is 8.00. The maximum atomic E-state index is 8.00. The van der Waals surface area contributed by atoms with E-state index in [1.165, 1.54) is 31.2 Å². The minimum atomic E-state index is 0.596. The van der Waals surface area contributed by atoms with E-state index < -0.39 is 0 Å². The molecule has 18 heavy (non-hydrogen) atoms. The van der Waals surface area contributed by atoms with Crippen molar-refractivity contribution in [2.75, 3.05) is 6.61 Å². The van der Waals surface area contributed by atoms with Crippen molar-refractivity contribution in [3.63, 3.8) is 0 Å². The maximum Gasteiger partial charge on any atom is 0.119 e. The van der Waals surface area contributed by atoms with Crippen LogP contribution in [0.2, 0.25) is 0 Å². The lowest BCUT2D eigenvalue weighted by Crippen LogP contribution is -1.97. The van der Waals surface area contributed by atoms with E-state index in [1.807, 2.05) is 6.79 Å². The zero-order valence-electron chi connectivity index (χ0n) is 11.9. The van der Waals surface area contributed by atoms with Crippen LogP contribution in [0.4, 0.5) is 0 Å². The average Bonchev–Trinajstić information content (AvgIpc) is 2.41. The number of unbranched alkanes of at least 4 members (excludes halogenated alkanes) is 3. The van der Waals surface area contributed by atoms with Gasteiger partial charge in [-0.15, -0.1) is 0 Å². The third-order valence-electron chi connectivity index (χ3n) is 2.81. The van der Waals surface area contributed by atoms with Crippen molar-refractivity contribution in [1.82, 2.24) is 0 Å². The van der Waals surface area contributed by atoms with Gasteiger partial charge < -0.3 is 9.53 Å². The molecule has 1 aromatic rings. The first kappa shape index (κ1) is 16.7. The Hall–Kier alpha value is -1.31. The van der Waals surface area contributed by atoms with Gasteiger partial charge in [-0.25, -0.2) is 0 Å². The van der Waals surface area contributed by atoms with Crippen LogP contribution >= 0.6 is 0 Å². The van der Waals surface area contributed by atoms with Gasteiger partial charge in [0.1, 0.15) is 12.5 Å². The molecule has 0 aliphatic rings. The summed E-state index contributed by atoms with van der Waals surface area (Å²) >= 11 is 0. The third-order valence-corrected chi connectivity index (χ3v) is 2.81. The van der Waals surface area contributed by atoms with Crippen LogP contribution < -0.4 is 4.74 Å². The minimum Gasteiger partial charge on any atom is -0.494 e. The van der Waals surface area contributed by atoms with E-state index in [0.29, 0.717) is 5.92 Å². The molecule has 102 valence electrons. The van der Waals surface area contributed by atoms with Gasteiger partial charge in [-0.3, -0.25) is 0 Å². The third kappa shape index (κ3) is 7.10. The predicted octanol–water partition coefficient (Wildman–Crippen LogP) is 4.58. The SMILES string of the molecule is C=O.CCCCCCOc1ccc(C(C)C)cc1. The lowest BCUT2D eigenvalue weighted by atomic mass is 10.0. The van der Waals surface area contributed by atoms with Crippen LogP contribution in [0, 0.1) is 0 Å². The molecule has 1 rings (SSSR count). The van der Waals surface area contributed by atoms with Crippen molar-refractivity contribution >= 4 is 6.79 Å². The molecule has 0 radical (unpaired) electrons. The van der Waals surface area contributed by atoms with Crippen LogP contribution in [-0.4, -0.2) is 13.4 Å². The van der Waals surface area contributed by atoms with Gasteiger partial charge in [0.15, 0.2) is 0 Å². The normalized spacial score (nSPS) is 9.78. The molecule has 0 atom stereocenters. The van der Waals surface area contributed by atoms with Gasteiger partial charge in [0, 0.05) is 0 Å². The molecule has 0 bridgehead atoms.